The van der Waals surface area contributed by atoms with Crippen molar-refractivity contribution in [2.75, 3.05) is 0 Å². The predicted molar refractivity (Wildman–Crippen MR) is 118 cm³/mol. The molecule has 3 rings (SSSR count). The van der Waals surface area contributed by atoms with Crippen LogP contribution in [-0.4, -0.2) is 13.9 Å². The van der Waals surface area contributed by atoms with Gasteiger partial charge in [-0.2, -0.15) is 0 Å². The maximum absolute atomic E-state index is 12.9. The van der Waals surface area contributed by atoms with Gasteiger partial charge >= 0.3 is 0 Å². The molecule has 0 saturated heterocycles. The predicted octanol–water partition coefficient (Wildman–Crippen LogP) is 6.25. The summed E-state index contributed by atoms with van der Waals surface area (Å²) < 4.78 is 5.79. The van der Waals surface area contributed by atoms with Gasteiger partial charge in [-0.1, -0.05) is 43.8 Å². The van der Waals surface area contributed by atoms with Gasteiger partial charge in [0.15, 0.2) is 5.78 Å². The van der Waals surface area contributed by atoms with Gasteiger partial charge in [0.05, 0.1) is 0 Å². The van der Waals surface area contributed by atoms with Crippen LogP contribution in [0.2, 0.25) is 19.6 Å². The molecule has 0 radical (unpaired) electrons. The smallest absolute Gasteiger partial charge is 0.193 e. The number of benzene rings is 3. The molecule has 0 bridgehead atoms. The summed E-state index contributed by atoms with van der Waals surface area (Å²) in [7, 11) is -1.42. The molecule has 0 aliphatic rings. The molecular weight excluding hydrogens is 360 g/mol. The molecule has 0 unspecified atom stereocenters. The fourth-order valence-corrected chi connectivity index (χ4v) is 3.23. The average Bonchev–Trinajstić information content (AvgIpc) is 2.67. The summed E-state index contributed by atoms with van der Waals surface area (Å²) in [6.45, 7) is 8.61. The molecule has 0 heterocycles. The Hall–Kier alpha value is -3.09. The topological polar surface area (TPSA) is 26.3 Å². The fraction of sp³-hybridized carbons (Fsp3) is 0.160. The van der Waals surface area contributed by atoms with Crippen molar-refractivity contribution in [2.45, 2.75) is 26.6 Å². The molecule has 0 atom stereocenters. The molecule has 0 amide bonds. The Kier molecular flexibility index (Phi) is 5.82. The van der Waals surface area contributed by atoms with Crippen LogP contribution in [0.4, 0.5) is 0 Å². The number of aryl methyl sites for hydroxylation is 1. The van der Waals surface area contributed by atoms with Crippen molar-refractivity contribution >= 4 is 13.9 Å². The Labute approximate surface area is 168 Å². The SMILES string of the molecule is Cc1cc(C#C[Si](C)(C)C)ccc1C(=O)c1ccc(Oc2ccccc2)cc1. The molecule has 0 aromatic heterocycles. The summed E-state index contributed by atoms with van der Waals surface area (Å²) in [5.74, 6) is 4.73. The number of carbonyl (C=O) groups excluding carboxylic acids is 1. The van der Waals surface area contributed by atoms with Crippen molar-refractivity contribution in [1.29, 1.82) is 0 Å². The third kappa shape index (κ3) is 5.22. The number of ether oxygens (including phenoxy) is 1. The standard InChI is InChI=1S/C25H24O2Si/c1-19-18-20(16-17-28(2,3)4)10-15-24(19)25(26)21-11-13-23(14-12-21)27-22-8-6-5-7-9-22/h5-15,18H,1-4H3. The lowest BCUT2D eigenvalue weighted by molar-refractivity contribution is 0.103. The maximum atomic E-state index is 12.9. The van der Waals surface area contributed by atoms with Crippen LogP contribution in [0.1, 0.15) is 27.0 Å². The maximum Gasteiger partial charge on any atom is 0.193 e. The minimum absolute atomic E-state index is 0.00784. The van der Waals surface area contributed by atoms with Crippen molar-refractivity contribution in [2.24, 2.45) is 0 Å². The molecule has 140 valence electrons. The van der Waals surface area contributed by atoms with Gasteiger partial charge in [0, 0.05) is 16.7 Å². The van der Waals surface area contributed by atoms with Crippen LogP contribution in [0, 0.1) is 18.4 Å². The lowest BCUT2D eigenvalue weighted by atomic mass is 9.97. The van der Waals surface area contributed by atoms with Gasteiger partial charge in [-0.15, -0.1) is 5.54 Å². The first-order valence-electron chi connectivity index (χ1n) is 9.33. The number of hydrogen-bond acceptors (Lipinski definition) is 2. The van der Waals surface area contributed by atoms with Crippen LogP contribution in [0.15, 0.2) is 72.8 Å². The molecule has 28 heavy (non-hydrogen) atoms. The first-order valence-corrected chi connectivity index (χ1v) is 12.8. The van der Waals surface area contributed by atoms with E-state index in [9.17, 15) is 4.79 Å². The van der Waals surface area contributed by atoms with E-state index in [1.807, 2.05) is 67.6 Å². The minimum atomic E-state index is -1.42. The molecule has 2 nitrogen and oxygen atoms in total. The average molecular weight is 385 g/mol. The summed E-state index contributed by atoms with van der Waals surface area (Å²) in [6.07, 6.45) is 0. The quantitative estimate of drug-likeness (QED) is 0.302. The van der Waals surface area contributed by atoms with E-state index >= 15 is 0 Å². The van der Waals surface area contributed by atoms with Crippen LogP contribution in [0.5, 0.6) is 11.5 Å². The second-order valence-electron chi connectivity index (χ2n) is 7.80. The van der Waals surface area contributed by atoms with Crippen LogP contribution < -0.4 is 4.74 Å². The highest BCUT2D eigenvalue weighted by Crippen LogP contribution is 2.23. The molecule has 0 N–H and O–H groups in total. The monoisotopic (exact) mass is 384 g/mol. The third-order valence-electron chi connectivity index (χ3n) is 4.15. The largest absolute Gasteiger partial charge is 0.457 e. The molecule has 3 heteroatoms. The molecular formula is C25H24O2Si. The Morgan fingerprint density at radius 2 is 1.50 bits per heavy atom. The van der Waals surface area contributed by atoms with E-state index in [2.05, 4.69) is 31.1 Å². The van der Waals surface area contributed by atoms with Crippen molar-refractivity contribution in [3.05, 3.63) is 95.1 Å². The Morgan fingerprint density at radius 3 is 2.11 bits per heavy atom. The molecule has 0 spiro atoms. The highest BCUT2D eigenvalue weighted by molar-refractivity contribution is 6.83. The van der Waals surface area contributed by atoms with E-state index in [1.165, 1.54) is 0 Å². The zero-order valence-corrected chi connectivity index (χ0v) is 17.7. The summed E-state index contributed by atoms with van der Waals surface area (Å²) in [5, 5.41) is 0. The first kappa shape index (κ1) is 19.7. The van der Waals surface area contributed by atoms with E-state index in [4.69, 9.17) is 4.74 Å². The molecule has 0 fully saturated rings. The summed E-state index contributed by atoms with van der Waals surface area (Å²) in [4.78, 5) is 12.9. The van der Waals surface area contributed by atoms with Gasteiger partial charge in [0.2, 0.25) is 0 Å². The molecule has 0 aliphatic carbocycles. The Balaban J connectivity index is 1.77. The van der Waals surface area contributed by atoms with Crippen molar-refractivity contribution in [1.82, 2.24) is 0 Å². The third-order valence-corrected chi connectivity index (χ3v) is 5.02. The summed E-state index contributed by atoms with van der Waals surface area (Å²) >= 11 is 0. The second-order valence-corrected chi connectivity index (χ2v) is 12.5. The van der Waals surface area contributed by atoms with Crippen molar-refractivity contribution in [3.8, 4) is 23.0 Å². The van der Waals surface area contributed by atoms with Crippen LogP contribution >= 0.6 is 0 Å². The van der Waals surface area contributed by atoms with Gasteiger partial charge < -0.3 is 4.74 Å². The van der Waals surface area contributed by atoms with Gasteiger partial charge in [0.1, 0.15) is 19.6 Å². The van der Waals surface area contributed by atoms with Crippen molar-refractivity contribution < 1.29 is 9.53 Å². The van der Waals surface area contributed by atoms with Crippen LogP contribution in [0.3, 0.4) is 0 Å². The van der Waals surface area contributed by atoms with Gasteiger partial charge in [0.25, 0.3) is 0 Å². The summed E-state index contributed by atoms with van der Waals surface area (Å²) in [5.41, 5.74) is 6.61. The number of rotatable bonds is 4. The molecule has 0 saturated carbocycles. The summed E-state index contributed by atoms with van der Waals surface area (Å²) in [6, 6.07) is 22.6. The number of hydrogen-bond donors (Lipinski definition) is 0. The molecule has 3 aromatic carbocycles. The zero-order chi connectivity index (χ0) is 20.1. The fourth-order valence-electron chi connectivity index (χ4n) is 2.71. The number of para-hydroxylation sites is 1. The number of ketones is 1. The normalized spacial score (nSPS) is 10.7. The lowest BCUT2D eigenvalue weighted by Gasteiger charge is -2.08. The second kappa shape index (κ2) is 8.29. The molecule has 0 aliphatic heterocycles. The zero-order valence-electron chi connectivity index (χ0n) is 16.7. The lowest BCUT2D eigenvalue weighted by Crippen LogP contribution is -2.16. The highest BCUT2D eigenvalue weighted by Gasteiger charge is 2.13. The Bertz CT molecular complexity index is 1030. The van der Waals surface area contributed by atoms with Gasteiger partial charge in [-0.05, 0) is 67.1 Å². The first-order chi connectivity index (χ1) is 13.3. The minimum Gasteiger partial charge on any atom is -0.457 e. The van der Waals surface area contributed by atoms with Gasteiger partial charge in [-0.25, -0.2) is 0 Å². The molecule has 3 aromatic rings. The number of carbonyl (C=O) groups is 1. The highest BCUT2D eigenvalue weighted by atomic mass is 28.3. The van der Waals surface area contributed by atoms with E-state index in [1.54, 1.807) is 12.1 Å². The van der Waals surface area contributed by atoms with E-state index in [-0.39, 0.29) is 5.78 Å². The Morgan fingerprint density at radius 1 is 0.857 bits per heavy atom. The van der Waals surface area contributed by atoms with Gasteiger partial charge in [-0.3, -0.25) is 4.79 Å². The van der Waals surface area contributed by atoms with E-state index in [0.29, 0.717) is 16.9 Å². The van der Waals surface area contributed by atoms with Crippen LogP contribution in [0.25, 0.3) is 0 Å². The van der Waals surface area contributed by atoms with E-state index in [0.717, 1.165) is 16.9 Å². The van der Waals surface area contributed by atoms with E-state index < -0.39 is 8.07 Å². The van der Waals surface area contributed by atoms with Crippen molar-refractivity contribution in [3.63, 3.8) is 0 Å². The van der Waals surface area contributed by atoms with Crippen LogP contribution in [-0.2, 0) is 0 Å².